The third-order valence-corrected chi connectivity index (χ3v) is 7.52. The standard InChI is InChI=1S/C18H21N5OS2/c1-11-4-5-13-12(8-11)15-16-19-10-20-23(16)18(21-17(15)26-13)25-9-14(24)22-6-2-3-7-22/h10-11H,2-9H2,1H3/t11-/m1/s1. The molecule has 8 heteroatoms. The molecule has 0 aromatic carbocycles. The number of hydrogen-bond acceptors (Lipinski definition) is 6. The Hall–Kier alpha value is -1.67. The topological polar surface area (TPSA) is 63.4 Å². The summed E-state index contributed by atoms with van der Waals surface area (Å²) < 4.78 is 1.82. The zero-order chi connectivity index (χ0) is 17.7. The summed E-state index contributed by atoms with van der Waals surface area (Å²) in [6.07, 6.45) is 7.31. The van der Waals surface area contributed by atoms with Gasteiger partial charge in [0, 0.05) is 18.0 Å². The highest BCUT2D eigenvalue weighted by molar-refractivity contribution is 7.99. The highest BCUT2D eigenvalue weighted by Crippen LogP contribution is 2.39. The Morgan fingerprint density at radius 3 is 3.08 bits per heavy atom. The summed E-state index contributed by atoms with van der Waals surface area (Å²) in [7, 11) is 0. The second kappa shape index (κ2) is 6.49. The summed E-state index contributed by atoms with van der Waals surface area (Å²) in [5.74, 6) is 1.31. The van der Waals surface area contributed by atoms with Crippen LogP contribution in [0.3, 0.4) is 0 Å². The summed E-state index contributed by atoms with van der Waals surface area (Å²) >= 11 is 3.27. The lowest BCUT2D eigenvalue weighted by Gasteiger charge is -2.18. The number of nitrogens with zero attached hydrogens (tertiary/aromatic N) is 5. The maximum atomic E-state index is 12.4. The number of carbonyl (C=O) groups excluding carboxylic acids is 1. The van der Waals surface area contributed by atoms with Gasteiger partial charge in [-0.15, -0.1) is 11.3 Å². The van der Waals surface area contributed by atoms with Crippen LogP contribution in [0.4, 0.5) is 0 Å². The number of thiophene rings is 1. The lowest BCUT2D eigenvalue weighted by atomic mass is 9.89. The van der Waals surface area contributed by atoms with E-state index in [0.29, 0.717) is 11.7 Å². The molecule has 26 heavy (non-hydrogen) atoms. The number of aromatic nitrogens is 4. The van der Waals surface area contributed by atoms with E-state index in [4.69, 9.17) is 4.98 Å². The molecule has 0 N–H and O–H groups in total. The van der Waals surface area contributed by atoms with Gasteiger partial charge in [-0.3, -0.25) is 4.79 Å². The number of likely N-dealkylation sites (tertiary alicyclic amines) is 1. The van der Waals surface area contributed by atoms with E-state index in [1.807, 2.05) is 9.42 Å². The molecule has 0 saturated carbocycles. The first kappa shape index (κ1) is 16.5. The van der Waals surface area contributed by atoms with E-state index >= 15 is 0 Å². The van der Waals surface area contributed by atoms with E-state index in [9.17, 15) is 4.79 Å². The monoisotopic (exact) mass is 387 g/mol. The Morgan fingerprint density at radius 2 is 2.23 bits per heavy atom. The van der Waals surface area contributed by atoms with E-state index in [-0.39, 0.29) is 5.91 Å². The smallest absolute Gasteiger partial charge is 0.233 e. The zero-order valence-corrected chi connectivity index (χ0v) is 16.4. The first-order chi connectivity index (χ1) is 12.7. The summed E-state index contributed by atoms with van der Waals surface area (Å²) in [6.45, 7) is 4.09. The molecule has 2 aliphatic rings. The lowest BCUT2D eigenvalue weighted by molar-refractivity contribution is -0.127. The van der Waals surface area contributed by atoms with Crippen LogP contribution >= 0.6 is 23.1 Å². The number of hydrogen-bond donors (Lipinski definition) is 0. The van der Waals surface area contributed by atoms with E-state index in [1.54, 1.807) is 17.7 Å². The first-order valence-electron chi connectivity index (χ1n) is 9.25. The molecule has 0 unspecified atom stereocenters. The van der Waals surface area contributed by atoms with E-state index in [1.165, 1.54) is 34.0 Å². The van der Waals surface area contributed by atoms with Crippen molar-refractivity contribution in [3.63, 3.8) is 0 Å². The van der Waals surface area contributed by atoms with E-state index < -0.39 is 0 Å². The summed E-state index contributed by atoms with van der Waals surface area (Å²) in [5, 5.41) is 6.33. The SMILES string of the molecule is C[C@@H]1CCc2sc3nc(SCC(=O)N4CCCC4)n4ncnc4c3c2C1. The Labute approximate surface area is 160 Å². The van der Waals surface area contributed by atoms with Crippen LogP contribution in [-0.2, 0) is 17.6 Å². The van der Waals surface area contributed by atoms with Crippen LogP contribution in [0.15, 0.2) is 11.5 Å². The molecule has 6 nitrogen and oxygen atoms in total. The van der Waals surface area contributed by atoms with Gasteiger partial charge in [-0.1, -0.05) is 18.7 Å². The Kier molecular flexibility index (Phi) is 4.12. The van der Waals surface area contributed by atoms with Gasteiger partial charge >= 0.3 is 0 Å². The van der Waals surface area contributed by atoms with Crippen molar-refractivity contribution < 1.29 is 4.79 Å². The Balaban J connectivity index is 1.51. The van der Waals surface area contributed by atoms with Crippen molar-refractivity contribution in [1.29, 1.82) is 0 Å². The summed E-state index contributed by atoms with van der Waals surface area (Å²) in [5.41, 5.74) is 2.30. The van der Waals surface area contributed by atoms with Crippen LogP contribution in [0.1, 0.15) is 36.6 Å². The maximum Gasteiger partial charge on any atom is 0.233 e. The van der Waals surface area contributed by atoms with Crippen LogP contribution in [0.2, 0.25) is 0 Å². The lowest BCUT2D eigenvalue weighted by Crippen LogP contribution is -2.29. The highest BCUT2D eigenvalue weighted by Gasteiger charge is 2.25. The molecule has 1 saturated heterocycles. The second-order valence-corrected chi connectivity index (χ2v) is 9.32. The fourth-order valence-electron chi connectivity index (χ4n) is 4.02. The van der Waals surface area contributed by atoms with Gasteiger partial charge in [0.05, 0.1) is 11.1 Å². The molecule has 0 radical (unpaired) electrons. The van der Waals surface area contributed by atoms with Gasteiger partial charge in [-0.25, -0.2) is 9.97 Å². The predicted octanol–water partition coefficient (Wildman–Crippen LogP) is 3.18. The van der Waals surface area contributed by atoms with Crippen molar-refractivity contribution >= 4 is 44.9 Å². The van der Waals surface area contributed by atoms with Crippen LogP contribution < -0.4 is 0 Å². The normalized spacial score (nSPS) is 20.2. The molecular weight excluding hydrogens is 366 g/mol. The van der Waals surface area contributed by atoms with Gasteiger partial charge in [-0.05, 0) is 43.6 Å². The molecule has 0 bridgehead atoms. The minimum Gasteiger partial charge on any atom is -0.342 e. The number of rotatable bonds is 3. The average Bonchev–Trinajstić information content (AvgIpc) is 3.36. The van der Waals surface area contributed by atoms with Crippen LogP contribution in [0.5, 0.6) is 0 Å². The second-order valence-electron chi connectivity index (χ2n) is 7.30. The minimum atomic E-state index is 0.196. The molecule has 3 aromatic heterocycles. The predicted molar refractivity (Wildman–Crippen MR) is 104 cm³/mol. The van der Waals surface area contributed by atoms with Gasteiger partial charge in [0.25, 0.3) is 0 Å². The van der Waals surface area contributed by atoms with Crippen LogP contribution in [0.25, 0.3) is 15.9 Å². The Bertz CT molecular complexity index is 988. The molecule has 1 amide bonds. The minimum absolute atomic E-state index is 0.196. The van der Waals surface area contributed by atoms with Crippen LogP contribution in [-0.4, -0.2) is 49.2 Å². The van der Waals surface area contributed by atoms with Crippen molar-refractivity contribution in [2.24, 2.45) is 5.92 Å². The maximum absolute atomic E-state index is 12.4. The molecule has 1 aliphatic carbocycles. The molecule has 1 atom stereocenters. The summed E-state index contributed by atoms with van der Waals surface area (Å²) in [4.78, 5) is 26.2. The average molecular weight is 388 g/mol. The quantitative estimate of drug-likeness (QED) is 0.510. The van der Waals surface area contributed by atoms with Gasteiger partial charge in [-0.2, -0.15) is 9.61 Å². The molecule has 1 fully saturated rings. The fourth-order valence-corrected chi connectivity index (χ4v) is 6.13. The molecule has 3 aromatic rings. The van der Waals surface area contributed by atoms with Crippen molar-refractivity contribution in [2.45, 2.75) is 44.2 Å². The Morgan fingerprint density at radius 1 is 1.38 bits per heavy atom. The number of amides is 1. The zero-order valence-electron chi connectivity index (χ0n) is 14.8. The number of aryl methyl sites for hydroxylation is 1. The third-order valence-electron chi connectivity index (χ3n) is 5.42. The van der Waals surface area contributed by atoms with E-state index in [0.717, 1.165) is 54.4 Å². The number of fused-ring (bicyclic) bond motifs is 5. The van der Waals surface area contributed by atoms with Crippen molar-refractivity contribution in [3.05, 3.63) is 16.8 Å². The van der Waals surface area contributed by atoms with Gasteiger partial charge < -0.3 is 4.90 Å². The highest BCUT2D eigenvalue weighted by atomic mass is 32.2. The fraction of sp³-hybridized carbons (Fsp3) is 0.556. The summed E-state index contributed by atoms with van der Waals surface area (Å²) in [6, 6.07) is 0. The molecule has 1 aliphatic heterocycles. The molecule has 5 rings (SSSR count). The number of carbonyl (C=O) groups is 1. The van der Waals surface area contributed by atoms with E-state index in [2.05, 4.69) is 17.0 Å². The third kappa shape index (κ3) is 2.70. The first-order valence-corrected chi connectivity index (χ1v) is 11.1. The van der Waals surface area contributed by atoms with Gasteiger partial charge in [0.15, 0.2) is 10.8 Å². The van der Waals surface area contributed by atoms with Gasteiger partial charge in [0.1, 0.15) is 11.2 Å². The van der Waals surface area contributed by atoms with Crippen molar-refractivity contribution in [1.82, 2.24) is 24.5 Å². The van der Waals surface area contributed by atoms with Crippen molar-refractivity contribution in [2.75, 3.05) is 18.8 Å². The molecule has 136 valence electrons. The van der Waals surface area contributed by atoms with Gasteiger partial charge in [0.2, 0.25) is 5.91 Å². The van der Waals surface area contributed by atoms with Crippen molar-refractivity contribution in [3.8, 4) is 0 Å². The number of thioether (sulfide) groups is 1. The molecule has 0 spiro atoms. The van der Waals surface area contributed by atoms with Crippen LogP contribution in [0, 0.1) is 5.92 Å². The molecule has 4 heterocycles. The molecular formula is C18H21N5OS2. The largest absolute Gasteiger partial charge is 0.342 e.